The summed E-state index contributed by atoms with van der Waals surface area (Å²) < 4.78 is 10.2. The first-order valence-electron chi connectivity index (χ1n) is 5.78. The fourth-order valence-electron chi connectivity index (χ4n) is 1.24. The molecule has 0 aliphatic carbocycles. The molecule has 0 atom stereocenters. The van der Waals surface area contributed by atoms with E-state index in [2.05, 4.69) is 6.58 Å². The molecule has 96 valence electrons. The number of ether oxygens (including phenoxy) is 2. The molecule has 1 aromatic carbocycles. The summed E-state index contributed by atoms with van der Waals surface area (Å²) in [6.45, 7) is 7.04. The fraction of sp³-hybridized carbons (Fsp3) is 0.286. The molecule has 0 aliphatic heterocycles. The van der Waals surface area contributed by atoms with Crippen LogP contribution < -0.4 is 9.47 Å². The van der Waals surface area contributed by atoms with Gasteiger partial charge in [-0.1, -0.05) is 26.5 Å². The smallest absolute Gasteiger partial charge is 0.310 e. The van der Waals surface area contributed by atoms with Crippen LogP contribution in [0.5, 0.6) is 11.5 Å². The summed E-state index contributed by atoms with van der Waals surface area (Å²) in [6, 6.07) is 4.82. The topological polar surface area (TPSA) is 52.6 Å². The van der Waals surface area contributed by atoms with Crippen LogP contribution in [0.4, 0.5) is 0 Å². The summed E-state index contributed by atoms with van der Waals surface area (Å²) in [5.74, 6) is 0.00395. The summed E-state index contributed by atoms with van der Waals surface area (Å²) in [7, 11) is 0. The molecule has 1 aromatic rings. The van der Waals surface area contributed by atoms with Gasteiger partial charge >= 0.3 is 11.9 Å². The van der Waals surface area contributed by atoms with Crippen LogP contribution in [0.15, 0.2) is 24.8 Å². The van der Waals surface area contributed by atoms with Gasteiger partial charge in [-0.3, -0.25) is 9.59 Å². The van der Waals surface area contributed by atoms with Crippen molar-refractivity contribution in [3.63, 3.8) is 0 Å². The van der Waals surface area contributed by atoms with Gasteiger partial charge in [0.2, 0.25) is 0 Å². The highest BCUT2D eigenvalue weighted by Crippen LogP contribution is 2.24. The van der Waals surface area contributed by atoms with Crippen molar-refractivity contribution in [1.82, 2.24) is 0 Å². The Morgan fingerprint density at radius 2 is 1.50 bits per heavy atom. The summed E-state index contributed by atoms with van der Waals surface area (Å²) in [4.78, 5) is 22.4. The third kappa shape index (κ3) is 4.05. The molecule has 0 heterocycles. The number of benzene rings is 1. The van der Waals surface area contributed by atoms with Gasteiger partial charge in [0.15, 0.2) is 0 Å². The minimum Gasteiger partial charge on any atom is -0.426 e. The molecule has 0 unspecified atom stereocenters. The zero-order valence-electron chi connectivity index (χ0n) is 10.6. The highest BCUT2D eigenvalue weighted by Gasteiger charge is 2.08. The van der Waals surface area contributed by atoms with Crippen LogP contribution in [0.3, 0.4) is 0 Å². The van der Waals surface area contributed by atoms with Gasteiger partial charge in [-0.25, -0.2) is 0 Å². The van der Waals surface area contributed by atoms with Gasteiger partial charge in [0.05, 0.1) is 0 Å². The second kappa shape index (κ2) is 6.59. The van der Waals surface area contributed by atoms with Gasteiger partial charge in [-0.15, -0.1) is 0 Å². The van der Waals surface area contributed by atoms with Crippen molar-refractivity contribution in [3.05, 3.63) is 30.3 Å². The average molecular weight is 248 g/mol. The molecule has 0 fully saturated rings. The van der Waals surface area contributed by atoms with Crippen LogP contribution in [-0.2, 0) is 9.59 Å². The average Bonchev–Trinajstić information content (AvgIpc) is 2.37. The van der Waals surface area contributed by atoms with E-state index in [1.165, 1.54) is 6.07 Å². The maximum atomic E-state index is 11.2. The van der Waals surface area contributed by atoms with Gasteiger partial charge < -0.3 is 9.47 Å². The van der Waals surface area contributed by atoms with Crippen molar-refractivity contribution in [2.24, 2.45) is 0 Å². The molecule has 0 spiro atoms. The van der Waals surface area contributed by atoms with Crippen LogP contribution >= 0.6 is 0 Å². The van der Waals surface area contributed by atoms with E-state index >= 15 is 0 Å². The maximum absolute atomic E-state index is 11.2. The first kappa shape index (κ1) is 14.0. The van der Waals surface area contributed by atoms with E-state index in [0.717, 1.165) is 5.56 Å². The zero-order chi connectivity index (χ0) is 13.5. The first-order valence-corrected chi connectivity index (χ1v) is 5.78. The number of hydrogen-bond donors (Lipinski definition) is 0. The van der Waals surface area contributed by atoms with Gasteiger partial charge in [-0.05, 0) is 17.7 Å². The van der Waals surface area contributed by atoms with E-state index in [4.69, 9.17) is 9.47 Å². The minimum absolute atomic E-state index is 0.280. The minimum atomic E-state index is -0.344. The van der Waals surface area contributed by atoms with E-state index in [-0.39, 0.29) is 24.8 Å². The van der Waals surface area contributed by atoms with Crippen molar-refractivity contribution >= 4 is 18.0 Å². The van der Waals surface area contributed by atoms with E-state index in [1.54, 1.807) is 32.1 Å². The zero-order valence-corrected chi connectivity index (χ0v) is 10.6. The predicted molar refractivity (Wildman–Crippen MR) is 68.4 cm³/mol. The van der Waals surface area contributed by atoms with Gasteiger partial charge in [0.1, 0.15) is 11.5 Å². The van der Waals surface area contributed by atoms with Crippen molar-refractivity contribution in [1.29, 1.82) is 0 Å². The Morgan fingerprint density at radius 1 is 1.06 bits per heavy atom. The second-order valence-electron chi connectivity index (χ2n) is 3.60. The molecule has 18 heavy (non-hydrogen) atoms. The van der Waals surface area contributed by atoms with Crippen molar-refractivity contribution < 1.29 is 19.1 Å². The van der Waals surface area contributed by atoms with E-state index in [9.17, 15) is 9.59 Å². The molecule has 0 bridgehead atoms. The Labute approximate surface area is 106 Å². The van der Waals surface area contributed by atoms with Gasteiger partial charge in [0.25, 0.3) is 0 Å². The monoisotopic (exact) mass is 248 g/mol. The quantitative estimate of drug-likeness (QED) is 0.593. The van der Waals surface area contributed by atoms with Crippen LogP contribution in [0.25, 0.3) is 6.08 Å². The van der Waals surface area contributed by atoms with Gasteiger partial charge in [-0.2, -0.15) is 0 Å². The summed E-state index contributed by atoms with van der Waals surface area (Å²) >= 11 is 0. The standard InChI is InChI=1S/C14H16O4/c1-4-10-7-11(17-13(15)5-2)9-12(8-10)18-14(16)6-3/h4,7-9H,1,5-6H2,2-3H3. The predicted octanol–water partition coefficient (Wildman–Crippen LogP) is 2.96. The normalized spacial score (nSPS) is 9.67. The third-order valence-electron chi connectivity index (χ3n) is 2.18. The lowest BCUT2D eigenvalue weighted by Crippen LogP contribution is -2.08. The van der Waals surface area contributed by atoms with Crippen molar-refractivity contribution in [2.75, 3.05) is 0 Å². The molecule has 4 heteroatoms. The van der Waals surface area contributed by atoms with E-state index in [1.807, 2.05) is 0 Å². The molecule has 0 aromatic heterocycles. The Morgan fingerprint density at radius 3 is 1.83 bits per heavy atom. The number of rotatable bonds is 5. The van der Waals surface area contributed by atoms with Crippen LogP contribution in [0.1, 0.15) is 32.3 Å². The van der Waals surface area contributed by atoms with Crippen LogP contribution in [-0.4, -0.2) is 11.9 Å². The lowest BCUT2D eigenvalue weighted by atomic mass is 10.2. The highest BCUT2D eigenvalue weighted by molar-refractivity contribution is 5.74. The largest absolute Gasteiger partial charge is 0.426 e. The number of carbonyl (C=O) groups is 2. The molecule has 0 radical (unpaired) electrons. The Balaban J connectivity index is 2.97. The second-order valence-corrected chi connectivity index (χ2v) is 3.60. The van der Waals surface area contributed by atoms with Crippen molar-refractivity contribution in [2.45, 2.75) is 26.7 Å². The van der Waals surface area contributed by atoms with Crippen LogP contribution in [0.2, 0.25) is 0 Å². The lowest BCUT2D eigenvalue weighted by molar-refractivity contribution is -0.134. The Bertz CT molecular complexity index is 427. The molecule has 1 rings (SSSR count). The van der Waals surface area contributed by atoms with Crippen molar-refractivity contribution in [3.8, 4) is 11.5 Å². The maximum Gasteiger partial charge on any atom is 0.310 e. The Kier molecular flexibility index (Phi) is 5.11. The molecular weight excluding hydrogens is 232 g/mol. The first-order chi connectivity index (χ1) is 8.58. The molecule has 0 saturated heterocycles. The summed E-state index contributed by atoms with van der Waals surface area (Å²) in [5.41, 5.74) is 0.718. The molecule has 0 saturated carbocycles. The number of esters is 2. The summed E-state index contributed by atoms with van der Waals surface area (Å²) in [5, 5.41) is 0. The molecule has 0 N–H and O–H groups in total. The molecular formula is C14H16O4. The molecule has 4 nitrogen and oxygen atoms in total. The number of hydrogen-bond acceptors (Lipinski definition) is 4. The number of carbonyl (C=O) groups excluding carboxylic acids is 2. The third-order valence-corrected chi connectivity index (χ3v) is 2.18. The summed E-state index contributed by atoms with van der Waals surface area (Å²) in [6.07, 6.45) is 2.15. The highest BCUT2D eigenvalue weighted by atomic mass is 16.5. The van der Waals surface area contributed by atoms with Gasteiger partial charge in [0, 0.05) is 18.9 Å². The fourth-order valence-corrected chi connectivity index (χ4v) is 1.24. The van der Waals surface area contributed by atoms with E-state index in [0.29, 0.717) is 11.5 Å². The Hall–Kier alpha value is -2.10. The molecule has 0 amide bonds. The lowest BCUT2D eigenvalue weighted by Gasteiger charge is -2.08. The SMILES string of the molecule is C=Cc1cc(OC(=O)CC)cc(OC(=O)CC)c1. The van der Waals surface area contributed by atoms with Crippen LogP contribution in [0, 0.1) is 0 Å². The molecule has 0 aliphatic rings. The van der Waals surface area contributed by atoms with E-state index < -0.39 is 0 Å².